The van der Waals surface area contributed by atoms with Gasteiger partial charge in [-0.1, -0.05) is 41.5 Å². The average molecular weight is 318 g/mol. The van der Waals surface area contributed by atoms with Gasteiger partial charge in [0.15, 0.2) is 0 Å². The molecule has 0 spiro atoms. The van der Waals surface area contributed by atoms with Crippen LogP contribution in [0.25, 0.3) is 5.57 Å². The molecule has 0 unspecified atom stereocenters. The summed E-state index contributed by atoms with van der Waals surface area (Å²) < 4.78 is 0. The number of benzene rings is 2. The topological polar surface area (TPSA) is 49.9 Å². The smallest absolute Gasteiger partial charge is 0.0409 e. The molecule has 0 aliphatic heterocycles. The van der Waals surface area contributed by atoms with Crippen molar-refractivity contribution in [3.8, 4) is 0 Å². The molecule has 0 amide bonds. The number of rotatable bonds is 4. The third-order valence-corrected chi connectivity index (χ3v) is 5.05. The summed E-state index contributed by atoms with van der Waals surface area (Å²) >= 11 is 0. The van der Waals surface area contributed by atoms with Crippen LogP contribution in [0.5, 0.6) is 0 Å². The van der Waals surface area contributed by atoms with Crippen LogP contribution in [0.15, 0.2) is 42.0 Å². The Bertz CT molecular complexity index is 782. The molecule has 0 bridgehead atoms. The van der Waals surface area contributed by atoms with Crippen LogP contribution in [0.2, 0.25) is 0 Å². The van der Waals surface area contributed by atoms with Gasteiger partial charge in [-0.2, -0.15) is 0 Å². The fourth-order valence-corrected chi connectivity index (χ4v) is 3.72. The van der Waals surface area contributed by atoms with Crippen LogP contribution in [0, 0.1) is 19.3 Å². The second kappa shape index (κ2) is 7.04. The van der Waals surface area contributed by atoms with Gasteiger partial charge in [-0.05, 0) is 74.3 Å². The zero-order chi connectivity index (χ0) is 17.1. The summed E-state index contributed by atoms with van der Waals surface area (Å²) in [5, 5.41) is 7.82. The van der Waals surface area contributed by atoms with Crippen molar-refractivity contribution in [2.75, 3.05) is 5.73 Å². The van der Waals surface area contributed by atoms with Crippen LogP contribution in [0.3, 0.4) is 0 Å². The molecule has 0 radical (unpaired) electrons. The van der Waals surface area contributed by atoms with Gasteiger partial charge in [0.25, 0.3) is 0 Å². The standard InChI is InChI=1S/C22H26N2/c1-15-7-10-17(11-8-15)13-18-5-3-4-6-19(18)22-16(2)9-12-21(24)20(22)14-23/h7-12,14,23H,3-6,13,24H2,1-2H3. The fraction of sp³-hybridized carbons (Fsp3) is 0.318. The second-order valence-electron chi connectivity index (χ2n) is 6.86. The van der Waals surface area contributed by atoms with E-state index >= 15 is 0 Å². The van der Waals surface area contributed by atoms with Crippen LogP contribution >= 0.6 is 0 Å². The Kier molecular flexibility index (Phi) is 4.84. The van der Waals surface area contributed by atoms with Crippen LogP contribution < -0.4 is 5.73 Å². The van der Waals surface area contributed by atoms with Gasteiger partial charge in [0.05, 0.1) is 0 Å². The minimum absolute atomic E-state index is 0.707. The molecule has 124 valence electrons. The maximum absolute atomic E-state index is 7.82. The van der Waals surface area contributed by atoms with E-state index in [-0.39, 0.29) is 0 Å². The first-order valence-electron chi connectivity index (χ1n) is 8.76. The Morgan fingerprint density at radius 1 is 1.00 bits per heavy atom. The SMILES string of the molecule is Cc1ccc(CC2=C(c3c(C)ccc(N)c3C=N)CCCC2)cc1. The van der Waals surface area contributed by atoms with E-state index in [1.54, 1.807) is 0 Å². The predicted molar refractivity (Wildman–Crippen MR) is 104 cm³/mol. The van der Waals surface area contributed by atoms with Crippen molar-refractivity contribution in [3.63, 3.8) is 0 Å². The molecule has 0 saturated heterocycles. The number of nitrogen functional groups attached to an aromatic ring is 1. The highest BCUT2D eigenvalue weighted by molar-refractivity contribution is 5.94. The normalized spacial score (nSPS) is 14.8. The maximum atomic E-state index is 7.82. The molecule has 0 saturated carbocycles. The summed E-state index contributed by atoms with van der Waals surface area (Å²) in [6, 6.07) is 12.8. The summed E-state index contributed by atoms with van der Waals surface area (Å²) in [6.45, 7) is 4.26. The van der Waals surface area contributed by atoms with Gasteiger partial charge in [0.1, 0.15) is 0 Å². The van der Waals surface area contributed by atoms with Gasteiger partial charge in [-0.15, -0.1) is 0 Å². The largest absolute Gasteiger partial charge is 0.398 e. The number of anilines is 1. The van der Waals surface area contributed by atoms with E-state index in [1.807, 2.05) is 6.07 Å². The van der Waals surface area contributed by atoms with Crippen LogP contribution in [-0.4, -0.2) is 6.21 Å². The lowest BCUT2D eigenvalue weighted by Gasteiger charge is -2.24. The molecule has 0 atom stereocenters. The minimum Gasteiger partial charge on any atom is -0.398 e. The van der Waals surface area contributed by atoms with E-state index < -0.39 is 0 Å². The molecule has 1 aliphatic carbocycles. The van der Waals surface area contributed by atoms with E-state index in [1.165, 1.54) is 52.5 Å². The third-order valence-electron chi connectivity index (χ3n) is 5.05. The van der Waals surface area contributed by atoms with Crippen molar-refractivity contribution < 1.29 is 0 Å². The number of hydrogen-bond donors (Lipinski definition) is 2. The molecule has 0 heterocycles. The fourth-order valence-electron chi connectivity index (χ4n) is 3.72. The number of allylic oxidation sites excluding steroid dienone is 2. The summed E-state index contributed by atoms with van der Waals surface area (Å²) in [6.07, 6.45) is 7.13. The highest BCUT2D eigenvalue weighted by atomic mass is 14.6. The third kappa shape index (κ3) is 3.28. The molecular weight excluding hydrogens is 292 g/mol. The van der Waals surface area contributed by atoms with Crippen molar-refractivity contribution in [2.45, 2.75) is 46.0 Å². The Morgan fingerprint density at radius 3 is 2.42 bits per heavy atom. The molecular formula is C22H26N2. The van der Waals surface area contributed by atoms with Gasteiger partial charge in [0, 0.05) is 17.5 Å². The zero-order valence-corrected chi connectivity index (χ0v) is 14.7. The number of aryl methyl sites for hydroxylation is 2. The van der Waals surface area contributed by atoms with Crippen molar-refractivity contribution in [1.82, 2.24) is 0 Å². The molecule has 3 rings (SSSR count). The van der Waals surface area contributed by atoms with Crippen LogP contribution in [-0.2, 0) is 6.42 Å². The molecule has 2 heteroatoms. The summed E-state index contributed by atoms with van der Waals surface area (Å²) in [7, 11) is 0. The number of nitrogens with two attached hydrogens (primary N) is 1. The first kappa shape index (κ1) is 16.5. The molecule has 2 aromatic rings. The highest BCUT2D eigenvalue weighted by Gasteiger charge is 2.19. The number of nitrogens with one attached hydrogen (secondary N) is 1. The zero-order valence-electron chi connectivity index (χ0n) is 14.7. The van der Waals surface area contributed by atoms with Crippen molar-refractivity contribution in [1.29, 1.82) is 5.41 Å². The average Bonchev–Trinajstić information content (AvgIpc) is 2.59. The molecule has 0 fully saturated rings. The van der Waals surface area contributed by atoms with E-state index in [4.69, 9.17) is 11.1 Å². The Morgan fingerprint density at radius 2 is 1.71 bits per heavy atom. The van der Waals surface area contributed by atoms with Crippen molar-refractivity contribution in [3.05, 3.63) is 69.8 Å². The molecule has 24 heavy (non-hydrogen) atoms. The van der Waals surface area contributed by atoms with Crippen LogP contribution in [0.1, 0.15) is 53.5 Å². The summed E-state index contributed by atoms with van der Waals surface area (Å²) in [5.41, 5.74) is 15.8. The van der Waals surface area contributed by atoms with Crippen LogP contribution in [0.4, 0.5) is 5.69 Å². The first-order valence-corrected chi connectivity index (χ1v) is 8.76. The molecule has 3 N–H and O–H groups in total. The summed E-state index contributed by atoms with van der Waals surface area (Å²) in [5.74, 6) is 0. The van der Waals surface area contributed by atoms with Gasteiger partial charge in [-0.25, -0.2) is 0 Å². The van der Waals surface area contributed by atoms with E-state index in [9.17, 15) is 0 Å². The van der Waals surface area contributed by atoms with Gasteiger partial charge < -0.3 is 11.1 Å². The van der Waals surface area contributed by atoms with Gasteiger partial charge >= 0.3 is 0 Å². The van der Waals surface area contributed by atoms with E-state index in [0.29, 0.717) is 5.69 Å². The maximum Gasteiger partial charge on any atom is 0.0409 e. The molecule has 2 nitrogen and oxygen atoms in total. The predicted octanol–water partition coefficient (Wildman–Crippen LogP) is 5.45. The van der Waals surface area contributed by atoms with E-state index in [0.717, 1.165) is 24.8 Å². The van der Waals surface area contributed by atoms with Gasteiger partial charge in [0.2, 0.25) is 0 Å². The Hall–Kier alpha value is -2.35. The molecule has 0 aromatic heterocycles. The van der Waals surface area contributed by atoms with Gasteiger partial charge in [-0.3, -0.25) is 0 Å². The summed E-state index contributed by atoms with van der Waals surface area (Å²) in [4.78, 5) is 0. The van der Waals surface area contributed by atoms with E-state index in [2.05, 4.69) is 44.2 Å². The Labute approximate surface area is 144 Å². The lowest BCUT2D eigenvalue weighted by molar-refractivity contribution is 0.700. The lowest BCUT2D eigenvalue weighted by Crippen LogP contribution is -2.08. The highest BCUT2D eigenvalue weighted by Crippen LogP contribution is 2.38. The minimum atomic E-state index is 0.707. The Balaban J connectivity index is 2.08. The molecule has 1 aliphatic rings. The first-order chi connectivity index (χ1) is 11.6. The van der Waals surface area contributed by atoms with Crippen molar-refractivity contribution in [2.24, 2.45) is 0 Å². The number of hydrogen-bond acceptors (Lipinski definition) is 2. The van der Waals surface area contributed by atoms with Crippen molar-refractivity contribution >= 4 is 17.5 Å². The second-order valence-corrected chi connectivity index (χ2v) is 6.86. The molecule has 2 aromatic carbocycles. The monoisotopic (exact) mass is 318 g/mol. The lowest BCUT2D eigenvalue weighted by atomic mass is 9.81. The quantitative estimate of drug-likeness (QED) is 0.571.